The molecule has 1 unspecified atom stereocenters. The van der Waals surface area contributed by atoms with Gasteiger partial charge >= 0.3 is 0 Å². The summed E-state index contributed by atoms with van der Waals surface area (Å²) in [5.41, 5.74) is 2.66. The molecule has 116 valence electrons. The fourth-order valence-electron chi connectivity index (χ4n) is 3.29. The first kappa shape index (κ1) is 14.5. The number of piperazine rings is 1. The van der Waals surface area contributed by atoms with Crippen molar-refractivity contribution in [2.45, 2.75) is 32.8 Å². The Balaban J connectivity index is 1.92. The van der Waals surface area contributed by atoms with E-state index in [4.69, 9.17) is 4.74 Å². The summed E-state index contributed by atoms with van der Waals surface area (Å²) in [5, 5.41) is 3.43. The molecule has 2 aliphatic rings. The number of fused-ring (bicyclic) bond motifs is 1. The van der Waals surface area contributed by atoms with Gasteiger partial charge in [-0.25, -0.2) is 0 Å². The molecule has 1 aromatic rings. The maximum atomic E-state index is 6.09. The van der Waals surface area contributed by atoms with E-state index in [0.29, 0.717) is 0 Å². The molecule has 0 saturated carbocycles. The number of rotatable bonds is 4. The van der Waals surface area contributed by atoms with Crippen molar-refractivity contribution < 1.29 is 4.74 Å². The highest BCUT2D eigenvalue weighted by molar-refractivity contribution is 5.78. The van der Waals surface area contributed by atoms with Crippen molar-refractivity contribution in [1.29, 1.82) is 0 Å². The van der Waals surface area contributed by atoms with E-state index in [1.54, 1.807) is 0 Å². The average molecular weight is 289 g/mol. The highest BCUT2D eigenvalue weighted by Crippen LogP contribution is 2.41. The van der Waals surface area contributed by atoms with Gasteiger partial charge in [0.05, 0.1) is 12.2 Å². The van der Waals surface area contributed by atoms with Crippen molar-refractivity contribution in [2.24, 2.45) is 0 Å². The van der Waals surface area contributed by atoms with E-state index >= 15 is 0 Å². The van der Waals surface area contributed by atoms with Gasteiger partial charge in [-0.05, 0) is 25.5 Å². The molecule has 2 aliphatic heterocycles. The number of anilines is 2. The minimum atomic E-state index is 0.271. The van der Waals surface area contributed by atoms with Crippen LogP contribution in [-0.2, 0) is 0 Å². The molecule has 1 N–H and O–H groups in total. The molecule has 4 nitrogen and oxygen atoms in total. The number of ether oxygens (including phenoxy) is 1. The number of nitrogens with zero attached hydrogens (tertiary/aromatic N) is 2. The summed E-state index contributed by atoms with van der Waals surface area (Å²) < 4.78 is 6.09. The first-order valence-electron chi connectivity index (χ1n) is 8.30. The average Bonchev–Trinajstić information content (AvgIpc) is 2.52. The number of hydrogen-bond donors (Lipinski definition) is 1. The summed E-state index contributed by atoms with van der Waals surface area (Å²) in [6.45, 7) is 10.8. The summed E-state index contributed by atoms with van der Waals surface area (Å²) in [6.07, 6.45) is 2.74. The first-order valence-corrected chi connectivity index (χ1v) is 8.30. The molecular formula is C17H27N3O. The molecule has 0 spiro atoms. The van der Waals surface area contributed by atoms with Gasteiger partial charge in [-0.3, -0.25) is 0 Å². The van der Waals surface area contributed by atoms with E-state index in [1.165, 1.54) is 24.2 Å². The van der Waals surface area contributed by atoms with E-state index in [2.05, 4.69) is 47.2 Å². The third kappa shape index (κ3) is 3.10. The predicted molar refractivity (Wildman–Crippen MR) is 88.7 cm³/mol. The van der Waals surface area contributed by atoms with Crippen LogP contribution in [-0.4, -0.2) is 45.4 Å². The fraction of sp³-hybridized carbons (Fsp3) is 0.647. The molecule has 0 aliphatic carbocycles. The SMILES string of the molecule is CCCCN1CC(C)Oc2cccc(N3CCNCC3)c21. The van der Waals surface area contributed by atoms with E-state index in [9.17, 15) is 0 Å². The second-order valence-corrected chi connectivity index (χ2v) is 6.09. The lowest BCUT2D eigenvalue weighted by molar-refractivity contribution is 0.212. The number of nitrogens with one attached hydrogen (secondary N) is 1. The van der Waals surface area contributed by atoms with Crippen LogP contribution >= 0.6 is 0 Å². The zero-order chi connectivity index (χ0) is 14.7. The molecule has 0 radical (unpaired) electrons. The van der Waals surface area contributed by atoms with Crippen LogP contribution in [0.15, 0.2) is 18.2 Å². The van der Waals surface area contributed by atoms with Gasteiger partial charge in [0.15, 0.2) is 0 Å². The zero-order valence-corrected chi connectivity index (χ0v) is 13.3. The van der Waals surface area contributed by atoms with Crippen molar-refractivity contribution >= 4 is 11.4 Å². The third-order valence-electron chi connectivity index (χ3n) is 4.34. The maximum absolute atomic E-state index is 6.09. The smallest absolute Gasteiger partial charge is 0.145 e. The Morgan fingerprint density at radius 1 is 1.29 bits per heavy atom. The van der Waals surface area contributed by atoms with Crippen LogP contribution < -0.4 is 19.9 Å². The predicted octanol–water partition coefficient (Wildman–Crippen LogP) is 2.48. The van der Waals surface area contributed by atoms with Crippen molar-refractivity contribution in [3.63, 3.8) is 0 Å². The van der Waals surface area contributed by atoms with Gasteiger partial charge in [0, 0.05) is 32.7 Å². The molecule has 1 saturated heterocycles. The van der Waals surface area contributed by atoms with Crippen molar-refractivity contribution in [3.05, 3.63) is 18.2 Å². The van der Waals surface area contributed by atoms with Gasteiger partial charge in [-0.2, -0.15) is 0 Å². The molecule has 1 aromatic carbocycles. The molecule has 3 rings (SSSR count). The van der Waals surface area contributed by atoms with Crippen LogP contribution in [0.25, 0.3) is 0 Å². The Labute approximate surface area is 128 Å². The van der Waals surface area contributed by atoms with Gasteiger partial charge < -0.3 is 19.9 Å². The lowest BCUT2D eigenvalue weighted by Crippen LogP contribution is -2.45. The van der Waals surface area contributed by atoms with E-state index in [0.717, 1.165) is 45.0 Å². The van der Waals surface area contributed by atoms with Gasteiger partial charge in [-0.15, -0.1) is 0 Å². The fourth-order valence-corrected chi connectivity index (χ4v) is 3.29. The number of hydrogen-bond acceptors (Lipinski definition) is 4. The standard InChI is InChI=1S/C17H27N3O/c1-3-4-10-20-13-14(2)21-16-7-5-6-15(17(16)20)19-11-8-18-9-12-19/h5-7,14,18H,3-4,8-13H2,1-2H3. The number of benzene rings is 1. The van der Waals surface area contributed by atoms with Gasteiger partial charge in [-0.1, -0.05) is 19.4 Å². The summed E-state index contributed by atoms with van der Waals surface area (Å²) >= 11 is 0. The summed E-state index contributed by atoms with van der Waals surface area (Å²) in [6, 6.07) is 6.50. The Hall–Kier alpha value is -1.42. The summed E-state index contributed by atoms with van der Waals surface area (Å²) in [7, 11) is 0. The highest BCUT2D eigenvalue weighted by Gasteiger charge is 2.27. The molecule has 4 heteroatoms. The second kappa shape index (κ2) is 6.56. The maximum Gasteiger partial charge on any atom is 0.145 e. The van der Waals surface area contributed by atoms with Crippen LogP contribution in [0.5, 0.6) is 5.75 Å². The largest absolute Gasteiger partial charge is 0.487 e. The zero-order valence-electron chi connectivity index (χ0n) is 13.3. The molecular weight excluding hydrogens is 262 g/mol. The van der Waals surface area contributed by atoms with Gasteiger partial charge in [0.25, 0.3) is 0 Å². The van der Waals surface area contributed by atoms with E-state index in [1.807, 2.05) is 0 Å². The lowest BCUT2D eigenvalue weighted by Gasteiger charge is -2.40. The lowest BCUT2D eigenvalue weighted by atomic mass is 10.1. The number of unbranched alkanes of at least 4 members (excludes halogenated alkanes) is 1. The van der Waals surface area contributed by atoms with Gasteiger partial charge in [0.1, 0.15) is 17.5 Å². The van der Waals surface area contributed by atoms with Crippen molar-refractivity contribution in [1.82, 2.24) is 5.32 Å². The Morgan fingerprint density at radius 3 is 2.86 bits per heavy atom. The number of para-hydroxylation sites is 1. The van der Waals surface area contributed by atoms with Crippen molar-refractivity contribution in [3.8, 4) is 5.75 Å². The molecule has 0 aromatic heterocycles. The highest BCUT2D eigenvalue weighted by atomic mass is 16.5. The monoisotopic (exact) mass is 289 g/mol. The molecule has 1 fully saturated rings. The van der Waals surface area contributed by atoms with Crippen LogP contribution in [0.2, 0.25) is 0 Å². The molecule has 0 amide bonds. The minimum Gasteiger partial charge on any atom is -0.487 e. The minimum absolute atomic E-state index is 0.271. The van der Waals surface area contributed by atoms with Crippen molar-refractivity contribution in [2.75, 3.05) is 49.1 Å². The van der Waals surface area contributed by atoms with Crippen LogP contribution in [0.1, 0.15) is 26.7 Å². The van der Waals surface area contributed by atoms with E-state index in [-0.39, 0.29) is 6.10 Å². The molecule has 21 heavy (non-hydrogen) atoms. The second-order valence-electron chi connectivity index (χ2n) is 6.09. The summed E-state index contributed by atoms with van der Waals surface area (Å²) in [4.78, 5) is 5.03. The quantitative estimate of drug-likeness (QED) is 0.921. The summed E-state index contributed by atoms with van der Waals surface area (Å²) in [5.74, 6) is 1.06. The Morgan fingerprint density at radius 2 is 2.10 bits per heavy atom. The van der Waals surface area contributed by atoms with Crippen LogP contribution in [0.3, 0.4) is 0 Å². The molecule has 1 atom stereocenters. The van der Waals surface area contributed by atoms with Gasteiger partial charge in [0.2, 0.25) is 0 Å². The normalized spacial score (nSPS) is 21.9. The topological polar surface area (TPSA) is 27.7 Å². The Bertz CT molecular complexity index is 471. The molecule has 2 heterocycles. The first-order chi connectivity index (χ1) is 10.3. The van der Waals surface area contributed by atoms with E-state index < -0.39 is 0 Å². The molecule has 0 bridgehead atoms. The third-order valence-corrected chi connectivity index (χ3v) is 4.34. The van der Waals surface area contributed by atoms with Crippen LogP contribution in [0, 0.1) is 0 Å². The Kier molecular flexibility index (Phi) is 4.54. The van der Waals surface area contributed by atoms with Crippen LogP contribution in [0.4, 0.5) is 11.4 Å².